The van der Waals surface area contributed by atoms with E-state index in [4.69, 9.17) is 0 Å². The Kier molecular flexibility index (Phi) is 6.52. The van der Waals surface area contributed by atoms with Crippen molar-refractivity contribution in [2.45, 2.75) is 73.6 Å². The molecule has 0 nitrogen and oxygen atoms in total. The monoisotopic (exact) mass is 272 g/mol. The summed E-state index contributed by atoms with van der Waals surface area (Å²) in [5, 5.41) is 0. The largest absolute Gasteiger partial charge is 0.0847 e. The van der Waals surface area contributed by atoms with Gasteiger partial charge in [0.15, 0.2) is 0 Å². The van der Waals surface area contributed by atoms with Gasteiger partial charge in [0.1, 0.15) is 0 Å². The molecular formula is C20H32. The van der Waals surface area contributed by atoms with Crippen LogP contribution in [-0.2, 0) is 0 Å². The minimum absolute atomic E-state index is 0.417. The molecule has 0 bridgehead atoms. The lowest BCUT2D eigenvalue weighted by molar-refractivity contribution is 0.354. The molecule has 0 aliphatic heterocycles. The highest BCUT2D eigenvalue weighted by atomic mass is 14.3. The molecule has 0 aromatic rings. The summed E-state index contributed by atoms with van der Waals surface area (Å²) in [6.07, 6.45) is 15.2. The van der Waals surface area contributed by atoms with Gasteiger partial charge in [0.2, 0.25) is 0 Å². The lowest BCUT2D eigenvalue weighted by Crippen LogP contribution is -2.20. The summed E-state index contributed by atoms with van der Waals surface area (Å²) in [5.74, 6) is 0. The van der Waals surface area contributed by atoms with Gasteiger partial charge in [-0.25, -0.2) is 0 Å². The van der Waals surface area contributed by atoms with Crippen molar-refractivity contribution >= 4 is 0 Å². The molecule has 0 heterocycles. The van der Waals surface area contributed by atoms with Gasteiger partial charge in [0.05, 0.1) is 0 Å². The fourth-order valence-corrected chi connectivity index (χ4v) is 3.09. The normalized spacial score (nSPS) is 20.9. The van der Waals surface area contributed by atoms with Crippen LogP contribution in [-0.4, -0.2) is 0 Å². The van der Waals surface area contributed by atoms with Gasteiger partial charge in [-0.15, -0.1) is 0 Å². The molecule has 0 fully saturated rings. The zero-order valence-corrected chi connectivity index (χ0v) is 14.3. The number of hydrogen-bond donors (Lipinski definition) is 0. The van der Waals surface area contributed by atoms with Crippen LogP contribution in [0.25, 0.3) is 0 Å². The first kappa shape index (κ1) is 17.0. The predicted octanol–water partition coefficient (Wildman–Crippen LogP) is 6.76. The molecule has 0 aromatic heterocycles. The van der Waals surface area contributed by atoms with E-state index in [0.717, 1.165) is 0 Å². The molecule has 0 aromatic carbocycles. The van der Waals surface area contributed by atoms with E-state index in [0.29, 0.717) is 5.41 Å². The van der Waals surface area contributed by atoms with Crippen molar-refractivity contribution in [2.75, 3.05) is 0 Å². The van der Waals surface area contributed by atoms with Crippen LogP contribution in [0.4, 0.5) is 0 Å². The molecule has 0 unspecified atom stereocenters. The quantitative estimate of drug-likeness (QED) is 0.383. The van der Waals surface area contributed by atoms with Crippen LogP contribution in [0.5, 0.6) is 0 Å². The Labute approximate surface area is 126 Å². The van der Waals surface area contributed by atoms with Crippen LogP contribution in [0.1, 0.15) is 73.6 Å². The van der Waals surface area contributed by atoms with Crippen LogP contribution in [0.15, 0.2) is 46.6 Å². The van der Waals surface area contributed by atoms with Gasteiger partial charge in [0, 0.05) is 0 Å². The van der Waals surface area contributed by atoms with E-state index in [1.165, 1.54) is 43.3 Å². The fourth-order valence-electron chi connectivity index (χ4n) is 3.09. The van der Waals surface area contributed by atoms with Gasteiger partial charge in [0.25, 0.3) is 0 Å². The molecule has 0 spiro atoms. The molecule has 0 N–H and O–H groups in total. The van der Waals surface area contributed by atoms with Crippen LogP contribution in [0.2, 0.25) is 0 Å². The zero-order valence-electron chi connectivity index (χ0n) is 14.3. The number of allylic oxidation sites excluding steroid dienone is 8. The Balaban J connectivity index is 2.62. The summed E-state index contributed by atoms with van der Waals surface area (Å²) in [7, 11) is 0. The molecule has 0 saturated carbocycles. The summed E-state index contributed by atoms with van der Waals surface area (Å²) in [6.45, 7) is 13.6. The number of hydrogen-bond acceptors (Lipinski definition) is 0. The van der Waals surface area contributed by atoms with Crippen molar-refractivity contribution in [1.82, 2.24) is 0 Å². The molecule has 112 valence electrons. The summed E-state index contributed by atoms with van der Waals surface area (Å²) in [6, 6.07) is 0. The molecule has 0 heteroatoms. The maximum Gasteiger partial charge on any atom is -0.0142 e. The molecule has 1 aliphatic carbocycles. The van der Waals surface area contributed by atoms with E-state index in [-0.39, 0.29) is 0 Å². The average Bonchev–Trinajstić information content (AvgIpc) is 2.37. The smallest absolute Gasteiger partial charge is 0.0142 e. The van der Waals surface area contributed by atoms with E-state index < -0.39 is 0 Å². The fraction of sp³-hybridized carbons (Fsp3) is 0.600. The van der Waals surface area contributed by atoms with Gasteiger partial charge in [-0.3, -0.25) is 0 Å². The van der Waals surface area contributed by atoms with E-state index >= 15 is 0 Å². The first-order valence-corrected chi connectivity index (χ1v) is 8.02. The highest BCUT2D eigenvalue weighted by Gasteiger charge is 2.27. The molecule has 20 heavy (non-hydrogen) atoms. The minimum atomic E-state index is 0.417. The maximum atomic E-state index is 2.42. The second kappa shape index (κ2) is 7.67. The SMILES string of the molecule is C/C=C(C)/C=C/C=C(\C)CCC1=C(C)CCCC1(C)C. The van der Waals surface area contributed by atoms with Crippen LogP contribution in [0, 0.1) is 5.41 Å². The van der Waals surface area contributed by atoms with E-state index in [9.17, 15) is 0 Å². The summed E-state index contributed by atoms with van der Waals surface area (Å²) < 4.78 is 0. The van der Waals surface area contributed by atoms with Gasteiger partial charge in [-0.2, -0.15) is 0 Å². The molecule has 1 rings (SSSR count). The lowest BCUT2D eigenvalue weighted by atomic mass is 9.71. The van der Waals surface area contributed by atoms with Crippen molar-refractivity contribution in [1.29, 1.82) is 0 Å². The molecule has 0 amide bonds. The Hall–Kier alpha value is -1.04. The average molecular weight is 272 g/mol. The second-order valence-corrected chi connectivity index (χ2v) is 6.90. The maximum absolute atomic E-state index is 2.42. The molecule has 0 saturated heterocycles. The van der Waals surface area contributed by atoms with E-state index in [1.807, 2.05) is 0 Å². The molecule has 0 atom stereocenters. The van der Waals surface area contributed by atoms with Crippen molar-refractivity contribution in [3.8, 4) is 0 Å². The first-order valence-electron chi connectivity index (χ1n) is 8.02. The van der Waals surface area contributed by atoms with E-state index in [1.54, 1.807) is 11.1 Å². The Bertz CT molecular complexity index is 439. The first-order chi connectivity index (χ1) is 9.36. The molecule has 0 radical (unpaired) electrons. The van der Waals surface area contributed by atoms with Gasteiger partial charge >= 0.3 is 0 Å². The van der Waals surface area contributed by atoms with Gasteiger partial charge < -0.3 is 0 Å². The van der Waals surface area contributed by atoms with Gasteiger partial charge in [-0.1, -0.05) is 60.4 Å². The topological polar surface area (TPSA) is 0 Å². The number of rotatable bonds is 5. The van der Waals surface area contributed by atoms with Gasteiger partial charge in [-0.05, 0) is 65.2 Å². The summed E-state index contributed by atoms with van der Waals surface area (Å²) in [5.41, 5.74) is 6.58. The van der Waals surface area contributed by atoms with E-state index in [2.05, 4.69) is 65.8 Å². The highest BCUT2D eigenvalue weighted by Crippen LogP contribution is 2.42. The third kappa shape index (κ3) is 5.15. The van der Waals surface area contributed by atoms with Crippen molar-refractivity contribution in [3.63, 3.8) is 0 Å². The third-order valence-electron chi connectivity index (χ3n) is 4.65. The molecule has 1 aliphatic rings. The predicted molar refractivity (Wildman–Crippen MR) is 91.9 cm³/mol. The Morgan fingerprint density at radius 3 is 2.55 bits per heavy atom. The minimum Gasteiger partial charge on any atom is -0.0847 e. The third-order valence-corrected chi connectivity index (χ3v) is 4.65. The summed E-state index contributed by atoms with van der Waals surface area (Å²) >= 11 is 0. The van der Waals surface area contributed by atoms with Crippen LogP contribution in [0.3, 0.4) is 0 Å². The molecular weight excluding hydrogens is 240 g/mol. The van der Waals surface area contributed by atoms with Crippen molar-refractivity contribution < 1.29 is 0 Å². The van der Waals surface area contributed by atoms with Crippen LogP contribution < -0.4 is 0 Å². The van der Waals surface area contributed by atoms with Crippen molar-refractivity contribution in [2.24, 2.45) is 5.41 Å². The lowest BCUT2D eigenvalue weighted by Gasteiger charge is -2.34. The second-order valence-electron chi connectivity index (χ2n) is 6.90. The zero-order chi connectivity index (χ0) is 15.2. The Morgan fingerprint density at radius 1 is 1.25 bits per heavy atom. The summed E-state index contributed by atoms with van der Waals surface area (Å²) in [4.78, 5) is 0. The van der Waals surface area contributed by atoms with Crippen molar-refractivity contribution in [3.05, 3.63) is 46.6 Å². The standard InChI is InChI=1S/C20H32/c1-7-16(2)10-8-11-17(3)13-14-19-18(4)12-9-15-20(19,5)6/h7-8,10-11H,9,12-15H2,1-6H3/b10-8+,16-7+,17-11+. The van der Waals surface area contributed by atoms with Crippen LogP contribution >= 0.6 is 0 Å². The highest BCUT2D eigenvalue weighted by molar-refractivity contribution is 5.25. The Morgan fingerprint density at radius 2 is 1.95 bits per heavy atom.